The zero-order valence-electron chi connectivity index (χ0n) is 12.4. The molecule has 1 unspecified atom stereocenters. The number of hydrogen-bond donors (Lipinski definition) is 3. The SMILES string of the molecule is CNCC(=O)NC(CCC(=O)C=N)C(=O)OC(C)(C)C. The van der Waals surface area contributed by atoms with Gasteiger partial charge in [-0.1, -0.05) is 0 Å². The Hall–Kier alpha value is -1.76. The van der Waals surface area contributed by atoms with Gasteiger partial charge in [-0.2, -0.15) is 0 Å². The maximum absolute atomic E-state index is 12.0. The maximum atomic E-state index is 12.0. The number of Topliss-reactive ketones (excluding diaryl/α,β-unsaturated/α-hetero) is 1. The van der Waals surface area contributed by atoms with Crippen molar-refractivity contribution in [3.8, 4) is 0 Å². The Balaban J connectivity index is 4.68. The Kier molecular flexibility index (Phi) is 7.68. The molecule has 3 N–H and O–H groups in total. The van der Waals surface area contributed by atoms with E-state index in [-0.39, 0.29) is 25.3 Å². The van der Waals surface area contributed by atoms with Gasteiger partial charge in [0.25, 0.3) is 0 Å². The molecule has 0 rings (SSSR count). The predicted octanol–water partition coefficient (Wildman–Crippen LogP) is 0.0312. The van der Waals surface area contributed by atoms with E-state index in [9.17, 15) is 14.4 Å². The summed E-state index contributed by atoms with van der Waals surface area (Å²) in [6.07, 6.45) is 0.813. The molecular weight excluding hydrogens is 262 g/mol. The lowest BCUT2D eigenvalue weighted by Crippen LogP contribution is -2.46. The van der Waals surface area contributed by atoms with Crippen LogP contribution in [-0.4, -0.2) is 49.1 Å². The summed E-state index contributed by atoms with van der Waals surface area (Å²) in [7, 11) is 1.61. The lowest BCUT2D eigenvalue weighted by atomic mass is 10.1. The van der Waals surface area contributed by atoms with Crippen LogP contribution < -0.4 is 10.6 Å². The molecule has 0 aliphatic carbocycles. The number of hydrogen-bond acceptors (Lipinski definition) is 6. The van der Waals surface area contributed by atoms with Gasteiger partial charge in [-0.25, -0.2) is 4.79 Å². The molecule has 7 heteroatoms. The van der Waals surface area contributed by atoms with Crippen LogP contribution in [0.4, 0.5) is 0 Å². The van der Waals surface area contributed by atoms with Gasteiger partial charge in [-0.15, -0.1) is 0 Å². The third-order valence-electron chi connectivity index (χ3n) is 2.20. The molecule has 0 radical (unpaired) electrons. The Morgan fingerprint density at radius 1 is 1.30 bits per heavy atom. The quantitative estimate of drug-likeness (QED) is 0.431. The monoisotopic (exact) mass is 285 g/mol. The lowest BCUT2D eigenvalue weighted by molar-refractivity contribution is -0.158. The number of carbonyl (C=O) groups is 3. The van der Waals surface area contributed by atoms with Crippen LogP contribution in [-0.2, 0) is 19.1 Å². The third-order valence-corrected chi connectivity index (χ3v) is 2.20. The summed E-state index contributed by atoms with van der Waals surface area (Å²) in [5.41, 5.74) is -0.672. The maximum Gasteiger partial charge on any atom is 0.329 e. The summed E-state index contributed by atoms with van der Waals surface area (Å²) >= 11 is 0. The van der Waals surface area contributed by atoms with Crippen molar-refractivity contribution in [2.24, 2.45) is 0 Å². The van der Waals surface area contributed by atoms with Gasteiger partial charge in [-0.3, -0.25) is 9.59 Å². The largest absolute Gasteiger partial charge is 0.458 e. The second-order valence-corrected chi connectivity index (χ2v) is 5.33. The van der Waals surface area contributed by atoms with Crippen molar-refractivity contribution < 1.29 is 19.1 Å². The van der Waals surface area contributed by atoms with Crippen LogP contribution in [0.1, 0.15) is 33.6 Å². The minimum absolute atomic E-state index is 0.00719. The van der Waals surface area contributed by atoms with E-state index >= 15 is 0 Å². The summed E-state index contributed by atoms with van der Waals surface area (Å²) in [6, 6.07) is -0.890. The average molecular weight is 285 g/mol. The van der Waals surface area contributed by atoms with Gasteiger partial charge >= 0.3 is 5.97 Å². The van der Waals surface area contributed by atoms with E-state index in [1.807, 2.05) is 0 Å². The fraction of sp³-hybridized carbons (Fsp3) is 0.692. The predicted molar refractivity (Wildman–Crippen MR) is 74.7 cm³/mol. The molecule has 0 saturated carbocycles. The number of nitrogens with one attached hydrogen (secondary N) is 3. The molecule has 0 aliphatic heterocycles. The van der Waals surface area contributed by atoms with E-state index in [0.29, 0.717) is 6.21 Å². The highest BCUT2D eigenvalue weighted by molar-refractivity contribution is 6.26. The van der Waals surface area contributed by atoms with Crippen molar-refractivity contribution in [2.45, 2.75) is 45.3 Å². The van der Waals surface area contributed by atoms with E-state index in [1.54, 1.807) is 27.8 Å². The van der Waals surface area contributed by atoms with Crippen molar-refractivity contribution in [3.63, 3.8) is 0 Å². The Morgan fingerprint density at radius 2 is 1.90 bits per heavy atom. The number of amides is 1. The first-order chi connectivity index (χ1) is 9.19. The molecular formula is C13H23N3O4. The van der Waals surface area contributed by atoms with Crippen molar-refractivity contribution >= 4 is 23.9 Å². The summed E-state index contributed by atoms with van der Waals surface area (Å²) in [4.78, 5) is 34.6. The van der Waals surface area contributed by atoms with Crippen LogP contribution in [0.5, 0.6) is 0 Å². The van der Waals surface area contributed by atoms with Gasteiger partial charge in [0.1, 0.15) is 11.6 Å². The number of carbonyl (C=O) groups excluding carboxylic acids is 3. The van der Waals surface area contributed by atoms with Crippen molar-refractivity contribution in [1.82, 2.24) is 10.6 Å². The Labute approximate surface area is 119 Å². The van der Waals surface area contributed by atoms with Crippen LogP contribution >= 0.6 is 0 Å². The van der Waals surface area contributed by atoms with Crippen LogP contribution in [0.2, 0.25) is 0 Å². The molecule has 0 heterocycles. The average Bonchev–Trinajstić information content (AvgIpc) is 2.31. The first kappa shape index (κ1) is 18.2. The molecule has 7 nitrogen and oxygen atoms in total. The fourth-order valence-corrected chi connectivity index (χ4v) is 1.39. The minimum atomic E-state index is -0.890. The summed E-state index contributed by atoms with van der Waals surface area (Å²) < 4.78 is 5.20. The number of ether oxygens (including phenoxy) is 1. The molecule has 0 spiro atoms. The third kappa shape index (κ3) is 8.36. The molecule has 0 aliphatic rings. The summed E-state index contributed by atoms with van der Waals surface area (Å²) in [5, 5.41) is 12.0. The van der Waals surface area contributed by atoms with E-state index in [4.69, 9.17) is 10.1 Å². The molecule has 0 bridgehead atoms. The topological polar surface area (TPSA) is 108 Å². The van der Waals surface area contributed by atoms with Crippen LogP contribution in [0, 0.1) is 5.41 Å². The standard InChI is InChI=1S/C13H23N3O4/c1-13(2,3)20-12(19)10(6-5-9(17)7-14)16-11(18)8-15-4/h7,10,14-15H,5-6,8H2,1-4H3,(H,16,18). The minimum Gasteiger partial charge on any atom is -0.458 e. The molecule has 0 aromatic rings. The second-order valence-electron chi connectivity index (χ2n) is 5.33. The Morgan fingerprint density at radius 3 is 2.35 bits per heavy atom. The highest BCUT2D eigenvalue weighted by Gasteiger charge is 2.26. The van der Waals surface area contributed by atoms with Gasteiger partial charge in [-0.05, 0) is 34.2 Å². The van der Waals surface area contributed by atoms with Gasteiger partial charge in [0.05, 0.1) is 12.8 Å². The van der Waals surface area contributed by atoms with E-state index in [2.05, 4.69) is 10.6 Å². The van der Waals surface area contributed by atoms with Crippen molar-refractivity contribution in [1.29, 1.82) is 5.41 Å². The number of ketones is 1. The van der Waals surface area contributed by atoms with E-state index < -0.39 is 23.4 Å². The molecule has 1 atom stereocenters. The normalized spacial score (nSPS) is 12.4. The summed E-state index contributed by atoms with van der Waals surface area (Å²) in [5.74, 6) is -1.34. The molecule has 0 fully saturated rings. The van der Waals surface area contributed by atoms with Crippen molar-refractivity contribution in [3.05, 3.63) is 0 Å². The first-order valence-corrected chi connectivity index (χ1v) is 6.39. The second kappa shape index (κ2) is 8.42. The van der Waals surface area contributed by atoms with E-state index in [1.165, 1.54) is 0 Å². The number of rotatable bonds is 8. The molecule has 0 aromatic carbocycles. The molecule has 20 heavy (non-hydrogen) atoms. The van der Waals surface area contributed by atoms with Gasteiger partial charge in [0.2, 0.25) is 5.91 Å². The lowest BCUT2D eigenvalue weighted by Gasteiger charge is -2.24. The summed E-state index contributed by atoms with van der Waals surface area (Å²) in [6.45, 7) is 5.23. The van der Waals surface area contributed by atoms with Crippen molar-refractivity contribution in [2.75, 3.05) is 13.6 Å². The zero-order valence-corrected chi connectivity index (χ0v) is 12.4. The number of esters is 1. The molecule has 0 saturated heterocycles. The molecule has 0 aromatic heterocycles. The van der Waals surface area contributed by atoms with Gasteiger partial charge in [0, 0.05) is 6.42 Å². The van der Waals surface area contributed by atoms with Crippen LogP contribution in [0.15, 0.2) is 0 Å². The zero-order chi connectivity index (χ0) is 15.8. The van der Waals surface area contributed by atoms with Gasteiger partial charge in [0.15, 0.2) is 5.78 Å². The van der Waals surface area contributed by atoms with Gasteiger partial charge < -0.3 is 20.8 Å². The first-order valence-electron chi connectivity index (χ1n) is 6.39. The molecule has 114 valence electrons. The van der Waals surface area contributed by atoms with E-state index in [0.717, 1.165) is 0 Å². The Bertz CT molecular complexity index is 374. The number of likely N-dealkylation sites (N-methyl/N-ethyl adjacent to an activating group) is 1. The molecule has 1 amide bonds. The smallest absolute Gasteiger partial charge is 0.329 e. The highest BCUT2D eigenvalue weighted by atomic mass is 16.6. The van der Waals surface area contributed by atoms with Crippen LogP contribution in [0.3, 0.4) is 0 Å². The fourth-order valence-electron chi connectivity index (χ4n) is 1.39. The highest BCUT2D eigenvalue weighted by Crippen LogP contribution is 2.10. The van der Waals surface area contributed by atoms with Crippen LogP contribution in [0.25, 0.3) is 0 Å².